The molecule has 0 aromatic rings. The third-order valence-corrected chi connectivity index (χ3v) is 2.19. The Morgan fingerprint density at radius 1 is 0.706 bits per heavy atom. The zero-order valence-corrected chi connectivity index (χ0v) is 12.3. The van der Waals surface area contributed by atoms with Gasteiger partial charge in [-0.25, -0.2) is 0 Å². The van der Waals surface area contributed by atoms with Crippen LogP contribution in [0.2, 0.25) is 0 Å². The lowest BCUT2D eigenvalue weighted by Crippen LogP contribution is -1.96. The second-order valence-electron chi connectivity index (χ2n) is 3.93. The van der Waals surface area contributed by atoms with Crippen LogP contribution in [0.15, 0.2) is 0 Å². The predicted octanol–water partition coefficient (Wildman–Crippen LogP) is 4.01. The fourth-order valence-corrected chi connectivity index (χ4v) is 1.18. The Bertz CT molecular complexity index is 95.6. The first-order valence-electron chi connectivity index (χ1n) is 6.97. The molecule has 0 unspecified atom stereocenters. The average molecular weight is 248 g/mol. The number of rotatable bonds is 11. The van der Waals surface area contributed by atoms with Gasteiger partial charge in [-0.3, -0.25) is 0 Å². The Hall–Kier alpha value is -0.120. The molecule has 0 aromatic carbocycles. The fourth-order valence-electron chi connectivity index (χ4n) is 1.18. The first-order valence-corrected chi connectivity index (χ1v) is 6.97. The predicted molar refractivity (Wildman–Crippen MR) is 73.4 cm³/mol. The molecule has 0 saturated carbocycles. The Morgan fingerprint density at radius 3 is 1.53 bits per heavy atom. The second-order valence-corrected chi connectivity index (χ2v) is 3.93. The lowest BCUT2D eigenvalue weighted by molar-refractivity contribution is -0.0250. The normalized spacial score (nSPS) is 9.88. The van der Waals surface area contributed by atoms with Crippen molar-refractivity contribution in [1.82, 2.24) is 0 Å². The Kier molecular flexibility index (Phi) is 24.0. The third kappa shape index (κ3) is 25.8. The summed E-state index contributed by atoms with van der Waals surface area (Å²) in [5.41, 5.74) is 0. The molecule has 0 spiro atoms. The minimum Gasteiger partial charge on any atom is -0.381 e. The molecule has 0 radical (unpaired) electrons. The molecule has 106 valence electrons. The van der Waals surface area contributed by atoms with Crippen molar-refractivity contribution in [1.29, 1.82) is 0 Å². The number of hydrogen-bond donors (Lipinski definition) is 0. The van der Waals surface area contributed by atoms with E-state index in [1.54, 1.807) is 7.11 Å². The molecule has 0 saturated heterocycles. The standard InChI is InChI=1S/C10H22O.C4H10O2/c1-3-5-7-9-11-10-8-6-4-2;1-3-6-4-5-2/h3-10H2,1-2H3;3-4H2,1-2H3. The lowest BCUT2D eigenvalue weighted by atomic mass is 10.2. The van der Waals surface area contributed by atoms with Gasteiger partial charge >= 0.3 is 0 Å². The van der Waals surface area contributed by atoms with Gasteiger partial charge in [-0.2, -0.15) is 0 Å². The highest BCUT2D eigenvalue weighted by Crippen LogP contribution is 1.97. The van der Waals surface area contributed by atoms with Gasteiger partial charge in [0, 0.05) is 26.9 Å². The van der Waals surface area contributed by atoms with Crippen molar-refractivity contribution < 1.29 is 14.2 Å². The van der Waals surface area contributed by atoms with Crippen LogP contribution < -0.4 is 0 Å². The molecule has 0 N–H and O–H groups in total. The summed E-state index contributed by atoms with van der Waals surface area (Å²) in [4.78, 5) is 0. The van der Waals surface area contributed by atoms with Crippen molar-refractivity contribution in [2.75, 3.05) is 33.7 Å². The topological polar surface area (TPSA) is 27.7 Å². The summed E-state index contributed by atoms with van der Waals surface area (Å²) in [5.74, 6) is 0. The van der Waals surface area contributed by atoms with Crippen LogP contribution in [0.5, 0.6) is 0 Å². The van der Waals surface area contributed by atoms with E-state index in [0.717, 1.165) is 19.8 Å². The van der Waals surface area contributed by atoms with Crippen LogP contribution in [0.25, 0.3) is 0 Å². The summed E-state index contributed by atoms with van der Waals surface area (Å²) in [6, 6.07) is 0. The van der Waals surface area contributed by atoms with Gasteiger partial charge in [0.25, 0.3) is 0 Å². The Labute approximate surface area is 108 Å². The molecule has 0 aliphatic carbocycles. The van der Waals surface area contributed by atoms with E-state index in [1.807, 2.05) is 6.92 Å². The van der Waals surface area contributed by atoms with Gasteiger partial charge in [-0.15, -0.1) is 0 Å². The molecule has 0 bridgehead atoms. The maximum atomic E-state index is 5.44. The van der Waals surface area contributed by atoms with Gasteiger partial charge in [0.15, 0.2) is 0 Å². The number of ether oxygens (including phenoxy) is 3. The molecule has 0 atom stereocenters. The van der Waals surface area contributed by atoms with Crippen molar-refractivity contribution in [3.63, 3.8) is 0 Å². The molecule has 0 rings (SSSR count). The van der Waals surface area contributed by atoms with Crippen LogP contribution in [-0.4, -0.2) is 33.7 Å². The van der Waals surface area contributed by atoms with Crippen molar-refractivity contribution in [2.24, 2.45) is 0 Å². The van der Waals surface area contributed by atoms with E-state index >= 15 is 0 Å². The van der Waals surface area contributed by atoms with Gasteiger partial charge in [0.1, 0.15) is 6.79 Å². The summed E-state index contributed by atoms with van der Waals surface area (Å²) in [6.45, 7) is 9.45. The van der Waals surface area contributed by atoms with E-state index in [4.69, 9.17) is 9.47 Å². The quantitative estimate of drug-likeness (QED) is 0.408. The van der Waals surface area contributed by atoms with Crippen molar-refractivity contribution in [3.8, 4) is 0 Å². The van der Waals surface area contributed by atoms with Crippen molar-refractivity contribution in [3.05, 3.63) is 0 Å². The van der Waals surface area contributed by atoms with E-state index in [0.29, 0.717) is 6.79 Å². The largest absolute Gasteiger partial charge is 0.381 e. The zero-order valence-electron chi connectivity index (χ0n) is 12.3. The van der Waals surface area contributed by atoms with Crippen LogP contribution >= 0.6 is 0 Å². The highest BCUT2D eigenvalue weighted by atomic mass is 16.7. The summed E-state index contributed by atoms with van der Waals surface area (Å²) < 4.78 is 14.8. The first kappa shape index (κ1) is 19.2. The van der Waals surface area contributed by atoms with Gasteiger partial charge in [-0.05, 0) is 19.8 Å². The minimum absolute atomic E-state index is 0.413. The number of methoxy groups -OCH3 is 1. The number of hydrogen-bond acceptors (Lipinski definition) is 3. The third-order valence-electron chi connectivity index (χ3n) is 2.19. The summed E-state index contributed by atoms with van der Waals surface area (Å²) in [6.07, 6.45) is 7.68. The monoisotopic (exact) mass is 248 g/mol. The van der Waals surface area contributed by atoms with E-state index < -0.39 is 0 Å². The fraction of sp³-hybridized carbons (Fsp3) is 1.00. The highest BCUT2D eigenvalue weighted by molar-refractivity contribution is 4.38. The van der Waals surface area contributed by atoms with Gasteiger partial charge in [-0.1, -0.05) is 39.5 Å². The molecule has 0 aromatic heterocycles. The van der Waals surface area contributed by atoms with E-state index in [-0.39, 0.29) is 0 Å². The highest BCUT2D eigenvalue weighted by Gasteiger charge is 1.88. The van der Waals surface area contributed by atoms with Crippen LogP contribution in [0.3, 0.4) is 0 Å². The SMILES string of the molecule is CCCCCOCCCCC.CCOCOC. The zero-order chi connectivity index (χ0) is 13.2. The lowest BCUT2D eigenvalue weighted by Gasteiger charge is -2.01. The number of unbranched alkanes of at least 4 members (excludes halogenated alkanes) is 4. The average Bonchev–Trinajstić information content (AvgIpc) is 2.36. The summed E-state index contributed by atoms with van der Waals surface area (Å²) in [7, 11) is 1.61. The molecule has 3 heteroatoms. The second kappa shape index (κ2) is 21.2. The molecular weight excluding hydrogens is 216 g/mol. The minimum atomic E-state index is 0.413. The summed E-state index contributed by atoms with van der Waals surface area (Å²) in [5, 5.41) is 0. The summed E-state index contributed by atoms with van der Waals surface area (Å²) >= 11 is 0. The molecular formula is C14H32O3. The maximum Gasteiger partial charge on any atom is 0.146 e. The molecule has 0 aliphatic rings. The van der Waals surface area contributed by atoms with E-state index in [1.165, 1.54) is 38.5 Å². The van der Waals surface area contributed by atoms with E-state index in [2.05, 4.69) is 18.6 Å². The molecule has 0 amide bonds. The van der Waals surface area contributed by atoms with Gasteiger partial charge < -0.3 is 14.2 Å². The molecule has 0 fully saturated rings. The van der Waals surface area contributed by atoms with Crippen LogP contribution in [0.4, 0.5) is 0 Å². The van der Waals surface area contributed by atoms with Gasteiger partial charge in [0.2, 0.25) is 0 Å². The molecule has 17 heavy (non-hydrogen) atoms. The van der Waals surface area contributed by atoms with Crippen LogP contribution in [-0.2, 0) is 14.2 Å². The van der Waals surface area contributed by atoms with E-state index in [9.17, 15) is 0 Å². The maximum absolute atomic E-state index is 5.44. The molecule has 0 heterocycles. The van der Waals surface area contributed by atoms with Crippen molar-refractivity contribution in [2.45, 2.75) is 59.3 Å². The molecule has 0 aliphatic heterocycles. The Morgan fingerprint density at radius 2 is 1.24 bits per heavy atom. The van der Waals surface area contributed by atoms with Crippen LogP contribution in [0.1, 0.15) is 59.3 Å². The first-order chi connectivity index (χ1) is 8.33. The smallest absolute Gasteiger partial charge is 0.146 e. The van der Waals surface area contributed by atoms with Crippen LogP contribution in [0, 0.1) is 0 Å². The van der Waals surface area contributed by atoms with Crippen molar-refractivity contribution >= 4 is 0 Å². The Balaban J connectivity index is 0. The molecule has 3 nitrogen and oxygen atoms in total. The van der Waals surface area contributed by atoms with Gasteiger partial charge in [0.05, 0.1) is 0 Å².